The van der Waals surface area contributed by atoms with Crippen molar-refractivity contribution in [2.24, 2.45) is 0 Å². The molecule has 0 spiro atoms. The summed E-state index contributed by atoms with van der Waals surface area (Å²) in [5.74, 6) is -0.584. The van der Waals surface area contributed by atoms with Crippen molar-refractivity contribution >= 4 is 5.91 Å². The fourth-order valence-electron chi connectivity index (χ4n) is 1.68. The van der Waals surface area contributed by atoms with Gasteiger partial charge in [-0.05, 0) is 24.6 Å². The molecule has 0 aliphatic heterocycles. The Labute approximate surface area is 123 Å². The van der Waals surface area contributed by atoms with Crippen LogP contribution in [0.4, 0.5) is 13.2 Å². The van der Waals surface area contributed by atoms with Gasteiger partial charge < -0.3 is 10.1 Å². The molecule has 0 fully saturated rings. The summed E-state index contributed by atoms with van der Waals surface area (Å²) in [6.45, 7) is 1.84. The van der Waals surface area contributed by atoms with Crippen molar-refractivity contribution in [1.29, 1.82) is 0 Å². The van der Waals surface area contributed by atoms with Gasteiger partial charge in [0.15, 0.2) is 0 Å². The number of nitrogens with zero attached hydrogens (tertiary/aromatic N) is 3. The smallest absolute Gasteiger partial charge is 0.406 e. The second-order valence-corrected chi connectivity index (χ2v) is 4.46. The number of ether oxygens (including phenoxy) is 1. The Balaban J connectivity index is 1.88. The third-order valence-corrected chi connectivity index (χ3v) is 2.84. The largest absolute Gasteiger partial charge is 0.573 e. The van der Waals surface area contributed by atoms with E-state index < -0.39 is 12.4 Å². The zero-order valence-electron chi connectivity index (χ0n) is 11.5. The monoisotopic (exact) mass is 314 g/mol. The number of halogens is 3. The van der Waals surface area contributed by atoms with Gasteiger partial charge in [0.25, 0.3) is 0 Å². The molecule has 0 saturated carbocycles. The Bertz CT molecular complexity index is 611. The Hall–Kier alpha value is -2.58. The standard InChI is InChI=1S/C13H13F3N4O2/c1-9(20-8-17-7-19-20)12(21)18-6-10-2-4-11(5-3-10)22-13(14,15)16/h2-5,7-9H,6H2,1H3,(H,18,21). The minimum atomic E-state index is -4.72. The number of nitrogens with one attached hydrogen (secondary N) is 1. The average molecular weight is 314 g/mol. The van der Waals surface area contributed by atoms with E-state index in [0.717, 1.165) is 0 Å². The highest BCUT2D eigenvalue weighted by molar-refractivity contribution is 5.79. The van der Waals surface area contributed by atoms with Crippen LogP contribution < -0.4 is 10.1 Å². The molecule has 2 aromatic rings. The maximum Gasteiger partial charge on any atom is 0.573 e. The van der Waals surface area contributed by atoms with Gasteiger partial charge in [-0.3, -0.25) is 4.79 Å². The zero-order valence-corrected chi connectivity index (χ0v) is 11.5. The Morgan fingerprint density at radius 2 is 2.05 bits per heavy atom. The Morgan fingerprint density at radius 3 is 2.59 bits per heavy atom. The molecular weight excluding hydrogens is 301 g/mol. The molecule has 1 atom stereocenters. The Kier molecular flexibility index (Phi) is 4.64. The van der Waals surface area contributed by atoms with Crippen LogP contribution in [0.2, 0.25) is 0 Å². The predicted molar refractivity (Wildman–Crippen MR) is 69.7 cm³/mol. The van der Waals surface area contributed by atoms with Gasteiger partial charge in [-0.25, -0.2) is 9.67 Å². The number of hydrogen-bond donors (Lipinski definition) is 1. The molecule has 1 aromatic carbocycles. The van der Waals surface area contributed by atoms with Crippen LogP contribution in [-0.4, -0.2) is 27.0 Å². The van der Waals surface area contributed by atoms with Gasteiger partial charge in [-0.15, -0.1) is 13.2 Å². The first-order chi connectivity index (χ1) is 10.3. The van der Waals surface area contributed by atoms with Gasteiger partial charge >= 0.3 is 6.36 Å². The maximum absolute atomic E-state index is 12.0. The number of alkyl halides is 3. The number of carbonyl (C=O) groups is 1. The molecule has 0 radical (unpaired) electrons. The van der Waals surface area contributed by atoms with Gasteiger partial charge in [-0.2, -0.15) is 5.10 Å². The summed E-state index contributed by atoms with van der Waals surface area (Å²) in [5, 5.41) is 6.52. The molecule has 0 saturated heterocycles. The van der Waals surface area contributed by atoms with Crippen LogP contribution in [0.15, 0.2) is 36.9 Å². The molecule has 1 heterocycles. The molecule has 118 valence electrons. The van der Waals surface area contributed by atoms with Crippen molar-refractivity contribution in [3.63, 3.8) is 0 Å². The van der Waals surface area contributed by atoms with E-state index >= 15 is 0 Å². The van der Waals surface area contributed by atoms with E-state index in [1.807, 2.05) is 0 Å². The summed E-state index contributed by atoms with van der Waals surface area (Å²) in [6, 6.07) is 4.74. The molecule has 2 rings (SSSR count). The number of carbonyl (C=O) groups excluding carboxylic acids is 1. The topological polar surface area (TPSA) is 69.0 Å². The fraction of sp³-hybridized carbons (Fsp3) is 0.308. The molecule has 0 aliphatic rings. The molecule has 1 amide bonds. The summed E-state index contributed by atoms with van der Waals surface area (Å²) in [6.07, 6.45) is -1.97. The highest BCUT2D eigenvalue weighted by atomic mass is 19.4. The minimum absolute atomic E-state index is 0.185. The first-order valence-corrected chi connectivity index (χ1v) is 6.31. The van der Waals surface area contributed by atoms with Crippen LogP contribution in [0.1, 0.15) is 18.5 Å². The highest BCUT2D eigenvalue weighted by Gasteiger charge is 2.30. The zero-order chi connectivity index (χ0) is 16.2. The first kappa shape index (κ1) is 15.8. The van der Waals surface area contributed by atoms with Crippen LogP contribution in [0.5, 0.6) is 5.75 Å². The number of rotatable bonds is 5. The number of amides is 1. The van der Waals surface area contributed by atoms with Crippen LogP contribution in [0.25, 0.3) is 0 Å². The minimum Gasteiger partial charge on any atom is -0.406 e. The molecule has 1 unspecified atom stereocenters. The van der Waals surface area contributed by atoms with E-state index in [2.05, 4.69) is 20.1 Å². The van der Waals surface area contributed by atoms with Gasteiger partial charge in [-0.1, -0.05) is 12.1 Å². The lowest BCUT2D eigenvalue weighted by Gasteiger charge is -2.12. The quantitative estimate of drug-likeness (QED) is 0.917. The summed E-state index contributed by atoms with van der Waals surface area (Å²) >= 11 is 0. The summed E-state index contributed by atoms with van der Waals surface area (Å²) in [7, 11) is 0. The molecule has 22 heavy (non-hydrogen) atoms. The Morgan fingerprint density at radius 1 is 1.36 bits per heavy atom. The van der Waals surface area contributed by atoms with Crippen LogP contribution in [-0.2, 0) is 11.3 Å². The molecule has 0 bridgehead atoms. The lowest BCUT2D eigenvalue weighted by atomic mass is 10.2. The van der Waals surface area contributed by atoms with E-state index in [-0.39, 0.29) is 18.2 Å². The van der Waals surface area contributed by atoms with Crippen molar-refractivity contribution in [2.75, 3.05) is 0 Å². The highest BCUT2D eigenvalue weighted by Crippen LogP contribution is 2.22. The third-order valence-electron chi connectivity index (χ3n) is 2.84. The van der Waals surface area contributed by atoms with E-state index in [0.29, 0.717) is 5.56 Å². The molecule has 1 aromatic heterocycles. The lowest BCUT2D eigenvalue weighted by molar-refractivity contribution is -0.274. The second-order valence-electron chi connectivity index (χ2n) is 4.46. The maximum atomic E-state index is 12.0. The van der Waals surface area contributed by atoms with Crippen LogP contribution in [0.3, 0.4) is 0 Å². The van der Waals surface area contributed by atoms with Gasteiger partial charge in [0, 0.05) is 6.54 Å². The van der Waals surface area contributed by atoms with Crippen molar-refractivity contribution < 1.29 is 22.7 Å². The average Bonchev–Trinajstić information content (AvgIpc) is 2.98. The summed E-state index contributed by atoms with van der Waals surface area (Å²) in [4.78, 5) is 15.6. The van der Waals surface area contributed by atoms with E-state index in [4.69, 9.17) is 0 Å². The van der Waals surface area contributed by atoms with Crippen molar-refractivity contribution in [1.82, 2.24) is 20.1 Å². The second kappa shape index (κ2) is 6.46. The van der Waals surface area contributed by atoms with Crippen molar-refractivity contribution in [3.05, 3.63) is 42.5 Å². The number of benzene rings is 1. The fourth-order valence-corrected chi connectivity index (χ4v) is 1.68. The molecular formula is C13H13F3N4O2. The third kappa shape index (κ3) is 4.47. The number of hydrogen-bond acceptors (Lipinski definition) is 4. The normalized spacial score (nSPS) is 12.7. The molecule has 0 aliphatic carbocycles. The van der Waals surface area contributed by atoms with E-state index in [1.54, 1.807) is 6.92 Å². The summed E-state index contributed by atoms with van der Waals surface area (Å²) in [5.41, 5.74) is 0.647. The van der Waals surface area contributed by atoms with E-state index in [1.165, 1.54) is 41.6 Å². The van der Waals surface area contributed by atoms with Crippen molar-refractivity contribution in [2.45, 2.75) is 25.9 Å². The first-order valence-electron chi connectivity index (χ1n) is 6.31. The summed E-state index contributed by atoms with van der Waals surface area (Å²) < 4.78 is 41.2. The molecule has 9 heteroatoms. The van der Waals surface area contributed by atoms with Crippen molar-refractivity contribution in [3.8, 4) is 5.75 Å². The SMILES string of the molecule is CC(C(=O)NCc1ccc(OC(F)(F)F)cc1)n1cncn1. The van der Waals surface area contributed by atoms with Crippen LogP contribution >= 0.6 is 0 Å². The van der Waals surface area contributed by atoms with Gasteiger partial charge in [0.05, 0.1) is 0 Å². The lowest BCUT2D eigenvalue weighted by Crippen LogP contribution is -2.30. The van der Waals surface area contributed by atoms with E-state index in [9.17, 15) is 18.0 Å². The molecule has 6 nitrogen and oxygen atoms in total. The van der Waals surface area contributed by atoms with Gasteiger partial charge in [0.1, 0.15) is 24.4 Å². The number of aromatic nitrogens is 3. The van der Waals surface area contributed by atoms with Gasteiger partial charge in [0.2, 0.25) is 5.91 Å². The van der Waals surface area contributed by atoms with Crippen LogP contribution in [0, 0.1) is 0 Å². The predicted octanol–water partition coefficient (Wildman–Crippen LogP) is 2.05. The molecule has 1 N–H and O–H groups in total.